The lowest BCUT2D eigenvalue weighted by Gasteiger charge is -2.29. The standard InChI is InChI=1S/C20H17BrN2O4/c21-17-16(7-4-10-22-17)27-20(26)12-8-9-14-15(11-12)19(25)23(18(14)24)13-5-2-1-3-6-13/h4,7-11,13H,1-3,5-6H2. The highest BCUT2D eigenvalue weighted by atomic mass is 79.9. The number of benzene rings is 1. The van der Waals surface area contributed by atoms with Crippen LogP contribution >= 0.6 is 15.9 Å². The molecule has 27 heavy (non-hydrogen) atoms. The topological polar surface area (TPSA) is 76.6 Å². The second-order valence-electron chi connectivity index (χ2n) is 6.71. The Hall–Kier alpha value is -2.54. The Kier molecular flexibility index (Phi) is 4.78. The molecule has 2 aromatic rings. The molecule has 1 fully saturated rings. The molecular weight excluding hydrogens is 412 g/mol. The van der Waals surface area contributed by atoms with E-state index >= 15 is 0 Å². The number of hydrogen-bond donors (Lipinski definition) is 0. The molecule has 1 aromatic heterocycles. The quantitative estimate of drug-likeness (QED) is 0.419. The number of carbonyl (C=O) groups excluding carboxylic acids is 3. The van der Waals surface area contributed by atoms with Gasteiger partial charge in [-0.2, -0.15) is 0 Å². The number of rotatable bonds is 3. The predicted octanol–water partition coefficient (Wildman–Crippen LogP) is 3.99. The second-order valence-corrected chi connectivity index (χ2v) is 7.47. The molecule has 2 amide bonds. The first-order chi connectivity index (χ1) is 13.1. The van der Waals surface area contributed by atoms with Crippen LogP contribution in [0.3, 0.4) is 0 Å². The minimum Gasteiger partial charge on any atom is -0.420 e. The molecule has 2 aliphatic rings. The van der Waals surface area contributed by atoms with Crippen molar-refractivity contribution in [2.24, 2.45) is 0 Å². The Bertz CT molecular complexity index is 937. The Morgan fingerprint density at radius 3 is 2.56 bits per heavy atom. The molecule has 138 valence electrons. The van der Waals surface area contributed by atoms with Crippen LogP contribution in [0, 0.1) is 0 Å². The van der Waals surface area contributed by atoms with Gasteiger partial charge >= 0.3 is 5.97 Å². The summed E-state index contributed by atoms with van der Waals surface area (Å²) in [4.78, 5) is 43.4. The van der Waals surface area contributed by atoms with Gasteiger partial charge in [-0.3, -0.25) is 14.5 Å². The van der Waals surface area contributed by atoms with Crippen molar-refractivity contribution in [2.75, 3.05) is 0 Å². The zero-order chi connectivity index (χ0) is 19.0. The van der Waals surface area contributed by atoms with E-state index in [1.165, 1.54) is 23.1 Å². The number of nitrogens with zero attached hydrogens (tertiary/aromatic N) is 2. The lowest BCUT2D eigenvalue weighted by atomic mass is 9.94. The number of carbonyl (C=O) groups is 3. The van der Waals surface area contributed by atoms with Crippen LogP contribution in [0.25, 0.3) is 0 Å². The minimum absolute atomic E-state index is 0.0482. The van der Waals surface area contributed by atoms with Crippen LogP contribution in [0.5, 0.6) is 5.75 Å². The van der Waals surface area contributed by atoms with Crippen molar-refractivity contribution in [1.82, 2.24) is 9.88 Å². The summed E-state index contributed by atoms with van der Waals surface area (Å²) < 4.78 is 5.75. The zero-order valence-corrected chi connectivity index (χ0v) is 16.1. The summed E-state index contributed by atoms with van der Waals surface area (Å²) in [5, 5.41) is 0. The normalized spacial score (nSPS) is 17.1. The molecule has 1 aliphatic carbocycles. The largest absolute Gasteiger partial charge is 0.420 e. The number of esters is 1. The third-order valence-electron chi connectivity index (χ3n) is 5.02. The van der Waals surface area contributed by atoms with E-state index in [4.69, 9.17) is 4.74 Å². The summed E-state index contributed by atoms with van der Waals surface area (Å²) in [5.74, 6) is -0.909. The summed E-state index contributed by atoms with van der Waals surface area (Å²) in [7, 11) is 0. The molecule has 6 nitrogen and oxygen atoms in total. The number of hydrogen-bond acceptors (Lipinski definition) is 5. The highest BCUT2D eigenvalue weighted by Gasteiger charge is 2.40. The Balaban J connectivity index is 1.59. The van der Waals surface area contributed by atoms with E-state index in [9.17, 15) is 14.4 Å². The SMILES string of the molecule is O=C(Oc1cccnc1Br)c1ccc2c(c1)C(=O)N(C1CCCCC1)C2=O. The third kappa shape index (κ3) is 3.27. The first-order valence-electron chi connectivity index (χ1n) is 8.91. The van der Waals surface area contributed by atoms with Gasteiger partial charge in [-0.1, -0.05) is 19.3 Å². The highest BCUT2D eigenvalue weighted by Crippen LogP contribution is 2.32. The summed E-state index contributed by atoms with van der Waals surface area (Å²) >= 11 is 3.22. The average Bonchev–Trinajstić information content (AvgIpc) is 2.94. The van der Waals surface area contributed by atoms with E-state index in [0.717, 1.165) is 32.1 Å². The van der Waals surface area contributed by atoms with E-state index in [1.54, 1.807) is 18.3 Å². The number of halogens is 1. The van der Waals surface area contributed by atoms with Gasteiger partial charge in [0.2, 0.25) is 0 Å². The summed E-state index contributed by atoms with van der Waals surface area (Å²) in [5.41, 5.74) is 0.839. The van der Waals surface area contributed by atoms with E-state index in [2.05, 4.69) is 20.9 Å². The molecule has 0 N–H and O–H groups in total. The van der Waals surface area contributed by atoms with Crippen LogP contribution in [0.2, 0.25) is 0 Å². The molecule has 0 bridgehead atoms. The summed E-state index contributed by atoms with van der Waals surface area (Å²) in [6.07, 6.45) is 6.44. The summed E-state index contributed by atoms with van der Waals surface area (Å²) in [6.45, 7) is 0. The molecule has 1 saturated carbocycles. The molecule has 0 spiro atoms. The number of ether oxygens (including phenoxy) is 1. The van der Waals surface area contributed by atoms with Crippen molar-refractivity contribution in [3.05, 3.63) is 57.8 Å². The maximum absolute atomic E-state index is 12.8. The lowest BCUT2D eigenvalue weighted by molar-refractivity contribution is 0.0548. The molecule has 0 saturated heterocycles. The third-order valence-corrected chi connectivity index (χ3v) is 5.62. The van der Waals surface area contributed by atoms with Gasteiger partial charge in [-0.15, -0.1) is 0 Å². The van der Waals surface area contributed by atoms with Crippen molar-refractivity contribution in [2.45, 2.75) is 38.1 Å². The van der Waals surface area contributed by atoms with Crippen LogP contribution in [-0.4, -0.2) is 33.7 Å². The van der Waals surface area contributed by atoms with Gasteiger partial charge in [-0.05, 0) is 59.1 Å². The molecule has 0 unspecified atom stereocenters. The van der Waals surface area contributed by atoms with E-state index < -0.39 is 5.97 Å². The van der Waals surface area contributed by atoms with Crippen molar-refractivity contribution in [3.63, 3.8) is 0 Å². The van der Waals surface area contributed by atoms with Crippen molar-refractivity contribution >= 4 is 33.7 Å². The predicted molar refractivity (Wildman–Crippen MR) is 101 cm³/mol. The minimum atomic E-state index is -0.608. The molecule has 7 heteroatoms. The molecule has 4 rings (SSSR count). The molecule has 1 aliphatic heterocycles. The van der Waals surface area contributed by atoms with Gasteiger partial charge in [0.05, 0.1) is 16.7 Å². The number of amides is 2. The average molecular weight is 429 g/mol. The zero-order valence-electron chi connectivity index (χ0n) is 14.5. The molecule has 2 heterocycles. The summed E-state index contributed by atoms with van der Waals surface area (Å²) in [6, 6.07) is 7.72. The van der Waals surface area contributed by atoms with Crippen LogP contribution < -0.4 is 4.74 Å². The van der Waals surface area contributed by atoms with Gasteiger partial charge in [0.15, 0.2) is 5.75 Å². The molecular formula is C20H17BrN2O4. The van der Waals surface area contributed by atoms with Gasteiger partial charge in [0, 0.05) is 12.2 Å². The van der Waals surface area contributed by atoms with Gasteiger partial charge in [0.1, 0.15) is 4.60 Å². The monoisotopic (exact) mass is 428 g/mol. The number of fused-ring (bicyclic) bond motifs is 1. The fourth-order valence-corrected chi connectivity index (χ4v) is 3.99. The molecule has 1 aromatic carbocycles. The van der Waals surface area contributed by atoms with Crippen LogP contribution in [0.4, 0.5) is 0 Å². The molecule has 0 atom stereocenters. The van der Waals surface area contributed by atoms with Gasteiger partial charge in [-0.25, -0.2) is 9.78 Å². The first kappa shape index (κ1) is 17.9. The van der Waals surface area contributed by atoms with Crippen molar-refractivity contribution < 1.29 is 19.1 Å². The fraction of sp³-hybridized carbons (Fsp3) is 0.300. The first-order valence-corrected chi connectivity index (χ1v) is 9.70. The van der Waals surface area contributed by atoms with Crippen molar-refractivity contribution in [3.8, 4) is 5.75 Å². The second kappa shape index (κ2) is 7.23. The molecule has 0 radical (unpaired) electrons. The Morgan fingerprint density at radius 2 is 1.81 bits per heavy atom. The smallest absolute Gasteiger partial charge is 0.343 e. The van der Waals surface area contributed by atoms with E-state index in [1.807, 2.05) is 0 Å². The Labute approximate surface area is 164 Å². The highest BCUT2D eigenvalue weighted by molar-refractivity contribution is 9.10. The van der Waals surface area contributed by atoms with Crippen LogP contribution in [0.1, 0.15) is 63.2 Å². The number of aromatic nitrogens is 1. The van der Waals surface area contributed by atoms with E-state index in [0.29, 0.717) is 10.2 Å². The maximum atomic E-state index is 12.8. The number of pyridine rings is 1. The lowest BCUT2D eigenvalue weighted by Crippen LogP contribution is -2.40. The Morgan fingerprint density at radius 1 is 1.07 bits per heavy atom. The van der Waals surface area contributed by atoms with E-state index in [-0.39, 0.29) is 34.7 Å². The van der Waals surface area contributed by atoms with Crippen LogP contribution in [0.15, 0.2) is 41.1 Å². The van der Waals surface area contributed by atoms with Gasteiger partial charge < -0.3 is 4.74 Å². The van der Waals surface area contributed by atoms with Gasteiger partial charge in [0.25, 0.3) is 11.8 Å². The van der Waals surface area contributed by atoms with Crippen LogP contribution in [-0.2, 0) is 0 Å². The number of imide groups is 1. The van der Waals surface area contributed by atoms with Crippen molar-refractivity contribution in [1.29, 1.82) is 0 Å². The maximum Gasteiger partial charge on any atom is 0.343 e. The fourth-order valence-electron chi connectivity index (χ4n) is 3.66.